The van der Waals surface area contributed by atoms with E-state index in [0.29, 0.717) is 0 Å². The summed E-state index contributed by atoms with van der Waals surface area (Å²) >= 11 is 0. The van der Waals surface area contributed by atoms with Gasteiger partial charge in [-0.2, -0.15) is 28.3 Å². The predicted octanol–water partition coefficient (Wildman–Crippen LogP) is 4.55. The minimum Gasteiger partial charge on any atom is -0.877 e. The molecule has 0 saturated heterocycles. The third kappa shape index (κ3) is 3.96. The molecular formula is C19H26FeO. The van der Waals surface area contributed by atoms with E-state index in [9.17, 15) is 5.11 Å². The SMILES string of the molecule is CC1=C(C)C(C)=C(C)C1=C[O-].Cc1c[c-](C)c(C)c1C.[Fe+2]. The van der Waals surface area contributed by atoms with Gasteiger partial charge in [-0.05, 0) is 55.6 Å². The summed E-state index contributed by atoms with van der Waals surface area (Å²) in [5, 5.41) is 10.6. The third-order valence-corrected chi connectivity index (χ3v) is 4.79. The molecule has 0 heterocycles. The molecule has 21 heavy (non-hydrogen) atoms. The number of rotatable bonds is 0. The van der Waals surface area contributed by atoms with Crippen molar-refractivity contribution in [2.75, 3.05) is 0 Å². The van der Waals surface area contributed by atoms with Gasteiger partial charge in [0.05, 0.1) is 0 Å². The topological polar surface area (TPSA) is 23.1 Å². The number of aryl methyl sites for hydroxylation is 2. The van der Waals surface area contributed by atoms with Crippen LogP contribution in [-0.2, 0) is 17.1 Å². The molecule has 1 aromatic rings. The Morgan fingerprint density at radius 3 is 1.43 bits per heavy atom. The summed E-state index contributed by atoms with van der Waals surface area (Å²) < 4.78 is 0. The summed E-state index contributed by atoms with van der Waals surface area (Å²) in [6, 6.07) is 2.24. The molecule has 1 nitrogen and oxygen atoms in total. The van der Waals surface area contributed by atoms with E-state index in [1.54, 1.807) is 0 Å². The van der Waals surface area contributed by atoms with Crippen molar-refractivity contribution in [3.8, 4) is 0 Å². The standard InChI is InChI=1S/C10H14O.C9H13.Fe/c1-6-7(2)9(4)10(5-11)8(6)3;1-6-5-7(2)9(4)8(6)3;/h5,11H,1-4H3;5H,1-4H3;/q;-1;+2/p-1. The molecule has 1 aliphatic rings. The van der Waals surface area contributed by atoms with Crippen molar-refractivity contribution in [3.05, 3.63) is 62.4 Å². The second-order valence-electron chi connectivity index (χ2n) is 5.79. The summed E-state index contributed by atoms with van der Waals surface area (Å²) in [7, 11) is 0. The van der Waals surface area contributed by atoms with Crippen LogP contribution in [0.3, 0.4) is 0 Å². The van der Waals surface area contributed by atoms with Gasteiger partial charge < -0.3 is 5.11 Å². The van der Waals surface area contributed by atoms with Gasteiger partial charge in [0, 0.05) is 0 Å². The first kappa shape index (κ1) is 19.9. The Labute approximate surface area is 140 Å². The molecule has 2 heteroatoms. The van der Waals surface area contributed by atoms with Crippen molar-refractivity contribution in [1.82, 2.24) is 0 Å². The second-order valence-corrected chi connectivity index (χ2v) is 5.79. The zero-order valence-corrected chi connectivity index (χ0v) is 15.5. The maximum absolute atomic E-state index is 10.6. The van der Waals surface area contributed by atoms with Crippen molar-refractivity contribution in [2.24, 2.45) is 0 Å². The first-order valence-electron chi connectivity index (χ1n) is 7.10. The summed E-state index contributed by atoms with van der Waals surface area (Å²) in [6.07, 6.45) is 0.949. The van der Waals surface area contributed by atoms with Crippen LogP contribution in [-0.4, -0.2) is 0 Å². The van der Waals surface area contributed by atoms with Gasteiger partial charge in [-0.15, -0.1) is 6.26 Å². The van der Waals surface area contributed by atoms with E-state index in [4.69, 9.17) is 0 Å². The van der Waals surface area contributed by atoms with E-state index >= 15 is 0 Å². The Bertz CT molecular complexity index is 561. The van der Waals surface area contributed by atoms with Crippen LogP contribution >= 0.6 is 0 Å². The van der Waals surface area contributed by atoms with E-state index in [2.05, 4.69) is 47.6 Å². The van der Waals surface area contributed by atoms with E-state index < -0.39 is 0 Å². The van der Waals surface area contributed by atoms with E-state index in [1.165, 1.54) is 33.4 Å². The van der Waals surface area contributed by atoms with Gasteiger partial charge in [0.15, 0.2) is 0 Å². The Morgan fingerprint density at radius 2 is 1.29 bits per heavy atom. The maximum atomic E-state index is 10.6. The van der Waals surface area contributed by atoms with Gasteiger partial charge in [-0.25, -0.2) is 0 Å². The third-order valence-electron chi connectivity index (χ3n) is 4.79. The maximum Gasteiger partial charge on any atom is 2.00 e. The molecule has 0 fully saturated rings. The van der Waals surface area contributed by atoms with Gasteiger partial charge in [0.2, 0.25) is 0 Å². The Hall–Kier alpha value is -1.11. The van der Waals surface area contributed by atoms with Gasteiger partial charge in [-0.1, -0.05) is 27.7 Å². The van der Waals surface area contributed by atoms with Crippen LogP contribution in [0.4, 0.5) is 0 Å². The Kier molecular flexibility index (Phi) is 7.36. The van der Waals surface area contributed by atoms with Gasteiger partial charge in [0.1, 0.15) is 0 Å². The van der Waals surface area contributed by atoms with Crippen molar-refractivity contribution < 1.29 is 22.2 Å². The van der Waals surface area contributed by atoms with Crippen LogP contribution < -0.4 is 5.11 Å². The van der Waals surface area contributed by atoms with Crippen molar-refractivity contribution in [2.45, 2.75) is 55.4 Å². The molecule has 0 aliphatic heterocycles. The average Bonchev–Trinajstić information content (AvgIpc) is 2.74. The van der Waals surface area contributed by atoms with Gasteiger partial charge in [-0.3, -0.25) is 0 Å². The van der Waals surface area contributed by atoms with Crippen molar-refractivity contribution in [3.63, 3.8) is 0 Å². The largest absolute Gasteiger partial charge is 2.00 e. The molecule has 0 saturated carbocycles. The Morgan fingerprint density at radius 1 is 0.857 bits per heavy atom. The van der Waals surface area contributed by atoms with Crippen LogP contribution in [0.5, 0.6) is 0 Å². The molecule has 0 atom stereocenters. The smallest absolute Gasteiger partial charge is 0.877 e. The molecule has 1 aliphatic carbocycles. The molecule has 0 unspecified atom stereocenters. The van der Waals surface area contributed by atoms with Crippen LogP contribution in [0.15, 0.2) is 40.2 Å². The molecule has 0 amide bonds. The van der Waals surface area contributed by atoms with Crippen LogP contribution in [0.25, 0.3) is 0 Å². The fourth-order valence-corrected chi connectivity index (χ4v) is 2.56. The number of allylic oxidation sites excluding steroid dienone is 5. The molecule has 0 spiro atoms. The van der Waals surface area contributed by atoms with Crippen molar-refractivity contribution >= 4 is 0 Å². The molecule has 0 N–H and O–H groups in total. The van der Waals surface area contributed by atoms with Crippen LogP contribution in [0.1, 0.15) is 49.9 Å². The molecule has 1 aromatic carbocycles. The fourth-order valence-electron chi connectivity index (χ4n) is 2.56. The zero-order chi connectivity index (χ0) is 15.6. The zero-order valence-electron chi connectivity index (χ0n) is 14.4. The average molecular weight is 326 g/mol. The first-order chi connectivity index (χ1) is 9.22. The molecule has 2 rings (SSSR count). The molecule has 0 bridgehead atoms. The summed E-state index contributed by atoms with van der Waals surface area (Å²) in [6.45, 7) is 16.8. The first-order valence-corrected chi connectivity index (χ1v) is 7.10. The molecular weight excluding hydrogens is 300 g/mol. The summed E-state index contributed by atoms with van der Waals surface area (Å²) in [4.78, 5) is 0. The summed E-state index contributed by atoms with van der Waals surface area (Å²) in [5.74, 6) is 0. The van der Waals surface area contributed by atoms with Gasteiger partial charge >= 0.3 is 17.1 Å². The molecule has 0 radical (unpaired) electrons. The number of hydrogen-bond donors (Lipinski definition) is 0. The van der Waals surface area contributed by atoms with Gasteiger partial charge in [0.25, 0.3) is 0 Å². The van der Waals surface area contributed by atoms with Crippen molar-refractivity contribution in [1.29, 1.82) is 0 Å². The quantitative estimate of drug-likeness (QED) is 0.389. The summed E-state index contributed by atoms with van der Waals surface area (Å²) in [5.41, 5.74) is 11.4. The second kappa shape index (κ2) is 7.77. The predicted molar refractivity (Wildman–Crippen MR) is 85.8 cm³/mol. The minimum absolute atomic E-state index is 0. The fraction of sp³-hybridized carbons (Fsp3) is 0.421. The van der Waals surface area contributed by atoms with Crippen LogP contribution in [0, 0.1) is 27.7 Å². The van der Waals surface area contributed by atoms with Crippen LogP contribution in [0.2, 0.25) is 0 Å². The molecule has 116 valence electrons. The molecule has 0 aromatic heterocycles. The minimum atomic E-state index is 0. The Balaban J connectivity index is 0.000000370. The van der Waals surface area contributed by atoms with E-state index in [-0.39, 0.29) is 17.1 Å². The normalized spacial score (nSPS) is 14.0. The monoisotopic (exact) mass is 326 g/mol. The van der Waals surface area contributed by atoms with E-state index in [0.717, 1.165) is 23.0 Å². The number of hydrogen-bond acceptors (Lipinski definition) is 1. The van der Waals surface area contributed by atoms with E-state index in [1.807, 2.05) is 13.8 Å².